The van der Waals surface area contributed by atoms with E-state index in [2.05, 4.69) is 25.8 Å². The molecule has 0 heterocycles. The number of rotatable bonds is 1. The molecule has 0 aromatic heterocycles. The number of hydrogen-bond acceptors (Lipinski definition) is 1. The highest BCUT2D eigenvalue weighted by Gasteiger charge is 2.25. The monoisotopic (exact) mass is 173 g/mol. The molecule has 1 saturated carbocycles. The van der Waals surface area contributed by atoms with Gasteiger partial charge in [0.05, 0.1) is 5.54 Å². The van der Waals surface area contributed by atoms with Crippen LogP contribution in [0.5, 0.6) is 0 Å². The van der Waals surface area contributed by atoms with E-state index in [4.69, 9.17) is 11.6 Å². The van der Waals surface area contributed by atoms with Crippen molar-refractivity contribution in [1.29, 1.82) is 0 Å². The molecule has 0 amide bonds. The normalized spacial score (nSPS) is 24.7. The molecule has 0 N–H and O–H groups in total. The number of aliphatic imine (C=N–C) groups is 1. The first kappa shape index (κ1) is 9.05. The molecule has 1 aliphatic carbocycles. The van der Waals surface area contributed by atoms with Gasteiger partial charge in [0.25, 0.3) is 0 Å². The minimum Gasteiger partial charge on any atom is -0.288 e. The fraction of sp³-hybridized carbons (Fsp3) is 0.889. The van der Waals surface area contributed by atoms with Crippen molar-refractivity contribution >= 4 is 17.3 Å². The summed E-state index contributed by atoms with van der Waals surface area (Å²) < 4.78 is 0. The molecule has 64 valence electrons. The molecule has 0 saturated heterocycles. The van der Waals surface area contributed by atoms with E-state index >= 15 is 0 Å². The molecule has 0 unspecified atom stereocenters. The SMILES string of the molecule is CC(C)(C)N=C1CC(CCl)C1. The number of halogens is 1. The Hall–Kier alpha value is -0.0400. The molecule has 0 bridgehead atoms. The van der Waals surface area contributed by atoms with Crippen molar-refractivity contribution in [3.05, 3.63) is 0 Å². The summed E-state index contributed by atoms with van der Waals surface area (Å²) in [4.78, 5) is 4.57. The molecule has 1 aliphatic rings. The minimum absolute atomic E-state index is 0.104. The second-order valence-electron chi connectivity index (χ2n) is 4.28. The fourth-order valence-corrected chi connectivity index (χ4v) is 1.50. The summed E-state index contributed by atoms with van der Waals surface area (Å²) in [5.41, 5.74) is 1.45. The molecule has 1 nitrogen and oxygen atoms in total. The summed E-state index contributed by atoms with van der Waals surface area (Å²) in [6.45, 7) is 6.40. The van der Waals surface area contributed by atoms with Gasteiger partial charge in [0.1, 0.15) is 0 Å². The van der Waals surface area contributed by atoms with E-state index in [-0.39, 0.29) is 5.54 Å². The molecule has 0 radical (unpaired) electrons. The van der Waals surface area contributed by atoms with Gasteiger partial charge in [-0.15, -0.1) is 11.6 Å². The molecule has 0 spiro atoms. The molecule has 1 rings (SSSR count). The summed E-state index contributed by atoms with van der Waals surface area (Å²) in [5, 5.41) is 0. The smallest absolute Gasteiger partial charge is 0.0523 e. The standard InChI is InChI=1S/C9H16ClN/c1-9(2,3)11-8-4-7(5-8)6-10/h7H,4-6H2,1-3H3. The fourth-order valence-electron chi connectivity index (χ4n) is 1.28. The van der Waals surface area contributed by atoms with Gasteiger partial charge in [0, 0.05) is 11.6 Å². The van der Waals surface area contributed by atoms with E-state index in [1.807, 2.05) is 0 Å². The van der Waals surface area contributed by atoms with Gasteiger partial charge >= 0.3 is 0 Å². The van der Waals surface area contributed by atoms with Gasteiger partial charge in [-0.2, -0.15) is 0 Å². The average Bonchev–Trinajstić information content (AvgIpc) is 1.75. The Labute approximate surface area is 73.9 Å². The highest BCUT2D eigenvalue weighted by molar-refractivity contribution is 6.18. The molecular weight excluding hydrogens is 158 g/mol. The predicted molar refractivity (Wildman–Crippen MR) is 50.6 cm³/mol. The maximum absolute atomic E-state index is 5.68. The van der Waals surface area contributed by atoms with Crippen LogP contribution in [-0.2, 0) is 0 Å². The van der Waals surface area contributed by atoms with Gasteiger partial charge in [-0.25, -0.2) is 0 Å². The predicted octanol–water partition coefficient (Wildman–Crippen LogP) is 2.87. The summed E-state index contributed by atoms with van der Waals surface area (Å²) >= 11 is 5.68. The zero-order chi connectivity index (χ0) is 8.48. The first-order valence-electron chi connectivity index (χ1n) is 4.15. The molecule has 0 aromatic rings. The van der Waals surface area contributed by atoms with E-state index in [1.54, 1.807) is 0 Å². The quantitative estimate of drug-likeness (QED) is 0.541. The second-order valence-corrected chi connectivity index (χ2v) is 4.59. The van der Waals surface area contributed by atoms with Crippen LogP contribution in [0.25, 0.3) is 0 Å². The third kappa shape index (κ3) is 2.82. The van der Waals surface area contributed by atoms with Crippen LogP contribution in [-0.4, -0.2) is 17.1 Å². The van der Waals surface area contributed by atoms with Crippen molar-refractivity contribution < 1.29 is 0 Å². The number of nitrogens with zero attached hydrogens (tertiary/aromatic N) is 1. The Kier molecular flexibility index (Phi) is 2.58. The van der Waals surface area contributed by atoms with Crippen molar-refractivity contribution in [2.24, 2.45) is 10.9 Å². The van der Waals surface area contributed by atoms with Crippen LogP contribution in [0.2, 0.25) is 0 Å². The molecule has 1 fully saturated rings. The van der Waals surface area contributed by atoms with Crippen LogP contribution in [0.4, 0.5) is 0 Å². The van der Waals surface area contributed by atoms with Crippen molar-refractivity contribution in [3.8, 4) is 0 Å². The molecule has 11 heavy (non-hydrogen) atoms. The zero-order valence-electron chi connectivity index (χ0n) is 7.52. The van der Waals surface area contributed by atoms with E-state index in [9.17, 15) is 0 Å². The lowest BCUT2D eigenvalue weighted by molar-refractivity contribution is 0.521. The van der Waals surface area contributed by atoms with E-state index in [0.29, 0.717) is 5.92 Å². The molecule has 0 aromatic carbocycles. The third-order valence-corrected chi connectivity index (χ3v) is 2.20. The van der Waals surface area contributed by atoms with Crippen LogP contribution in [0.1, 0.15) is 33.6 Å². The first-order chi connectivity index (χ1) is 5.01. The summed E-state index contributed by atoms with van der Waals surface area (Å²) in [6, 6.07) is 0. The highest BCUT2D eigenvalue weighted by Crippen LogP contribution is 2.27. The zero-order valence-corrected chi connectivity index (χ0v) is 8.28. The lowest BCUT2D eigenvalue weighted by Gasteiger charge is -2.28. The molecule has 0 atom stereocenters. The lowest BCUT2D eigenvalue weighted by atomic mass is 9.84. The molecule has 2 heteroatoms. The van der Waals surface area contributed by atoms with Crippen LogP contribution >= 0.6 is 11.6 Å². The topological polar surface area (TPSA) is 12.4 Å². The largest absolute Gasteiger partial charge is 0.288 e. The Morgan fingerprint density at radius 2 is 2.00 bits per heavy atom. The molecule has 0 aliphatic heterocycles. The van der Waals surface area contributed by atoms with Crippen molar-refractivity contribution in [2.75, 3.05) is 5.88 Å². The van der Waals surface area contributed by atoms with E-state index < -0.39 is 0 Å². The van der Waals surface area contributed by atoms with Gasteiger partial charge in [-0.1, -0.05) is 0 Å². The van der Waals surface area contributed by atoms with E-state index in [0.717, 1.165) is 18.7 Å². The Morgan fingerprint density at radius 1 is 1.45 bits per heavy atom. The van der Waals surface area contributed by atoms with Crippen LogP contribution in [0.3, 0.4) is 0 Å². The second kappa shape index (κ2) is 3.14. The summed E-state index contributed by atoms with van der Waals surface area (Å²) in [7, 11) is 0. The van der Waals surface area contributed by atoms with Gasteiger partial charge in [-0.3, -0.25) is 4.99 Å². The van der Waals surface area contributed by atoms with Gasteiger partial charge in [-0.05, 0) is 39.5 Å². The van der Waals surface area contributed by atoms with Crippen LogP contribution in [0, 0.1) is 5.92 Å². The summed E-state index contributed by atoms with van der Waals surface area (Å²) in [5.74, 6) is 1.50. The van der Waals surface area contributed by atoms with Crippen molar-refractivity contribution in [1.82, 2.24) is 0 Å². The van der Waals surface area contributed by atoms with E-state index in [1.165, 1.54) is 5.71 Å². The Balaban J connectivity index is 2.37. The van der Waals surface area contributed by atoms with Crippen molar-refractivity contribution in [2.45, 2.75) is 39.2 Å². The van der Waals surface area contributed by atoms with Crippen molar-refractivity contribution in [3.63, 3.8) is 0 Å². The number of hydrogen-bond donors (Lipinski definition) is 0. The Bertz CT molecular complexity index is 159. The van der Waals surface area contributed by atoms with Crippen LogP contribution in [0.15, 0.2) is 4.99 Å². The third-order valence-electron chi connectivity index (χ3n) is 1.76. The lowest BCUT2D eigenvalue weighted by Crippen LogP contribution is -2.28. The number of alkyl halides is 1. The first-order valence-corrected chi connectivity index (χ1v) is 4.68. The highest BCUT2D eigenvalue weighted by atomic mass is 35.5. The van der Waals surface area contributed by atoms with Gasteiger partial charge in [0.15, 0.2) is 0 Å². The van der Waals surface area contributed by atoms with Crippen LogP contribution < -0.4 is 0 Å². The average molecular weight is 174 g/mol. The maximum atomic E-state index is 5.68. The summed E-state index contributed by atoms with van der Waals surface area (Å²) in [6.07, 6.45) is 2.25. The Morgan fingerprint density at radius 3 is 2.36 bits per heavy atom. The van der Waals surface area contributed by atoms with Gasteiger partial charge in [0.2, 0.25) is 0 Å². The minimum atomic E-state index is 0.104. The maximum Gasteiger partial charge on any atom is 0.0523 e. The van der Waals surface area contributed by atoms with Gasteiger partial charge < -0.3 is 0 Å². The molecular formula is C9H16ClN.